The van der Waals surface area contributed by atoms with Crippen molar-refractivity contribution < 1.29 is 9.53 Å². The van der Waals surface area contributed by atoms with Crippen molar-refractivity contribution in [1.82, 2.24) is 10.3 Å². The molecule has 0 radical (unpaired) electrons. The number of nitrogens with one attached hydrogen (secondary N) is 3. The molecule has 1 heterocycles. The number of rotatable bonds is 8. The van der Waals surface area contributed by atoms with Crippen molar-refractivity contribution in [3.63, 3.8) is 0 Å². The lowest BCUT2D eigenvalue weighted by Gasteiger charge is -2.21. The predicted molar refractivity (Wildman–Crippen MR) is 130 cm³/mol. The van der Waals surface area contributed by atoms with Gasteiger partial charge in [-0.1, -0.05) is 48.0 Å². The van der Waals surface area contributed by atoms with Gasteiger partial charge in [-0.15, -0.1) is 0 Å². The number of aromatic nitrogens is 1. The molecule has 0 unspecified atom stereocenters. The van der Waals surface area contributed by atoms with Crippen LogP contribution in [0.3, 0.4) is 0 Å². The van der Waals surface area contributed by atoms with E-state index >= 15 is 0 Å². The maximum Gasteiger partial charge on any atom is 0.241 e. The van der Waals surface area contributed by atoms with Crippen molar-refractivity contribution in [2.75, 3.05) is 19.0 Å². The summed E-state index contributed by atoms with van der Waals surface area (Å²) in [7, 11) is 1.67. The van der Waals surface area contributed by atoms with Gasteiger partial charge in [-0.3, -0.25) is 4.79 Å². The van der Waals surface area contributed by atoms with Gasteiger partial charge in [0, 0.05) is 35.2 Å². The van der Waals surface area contributed by atoms with E-state index in [0.29, 0.717) is 6.54 Å². The predicted octanol–water partition coefficient (Wildman–Crippen LogP) is 5.23. The second-order valence-electron chi connectivity index (χ2n) is 8.10. The molecule has 0 saturated carbocycles. The van der Waals surface area contributed by atoms with Gasteiger partial charge in [0.2, 0.25) is 5.91 Å². The van der Waals surface area contributed by atoms with Crippen LogP contribution in [0.4, 0.5) is 5.69 Å². The van der Waals surface area contributed by atoms with Gasteiger partial charge < -0.3 is 20.4 Å². The highest BCUT2D eigenvalue weighted by atomic mass is 16.5. The monoisotopic (exact) mass is 427 g/mol. The molecule has 0 spiro atoms. The second kappa shape index (κ2) is 9.71. The lowest BCUT2D eigenvalue weighted by molar-refractivity contribution is -0.117. The number of H-pyrrole nitrogens is 1. The van der Waals surface area contributed by atoms with Gasteiger partial charge in [-0.25, -0.2) is 0 Å². The van der Waals surface area contributed by atoms with Gasteiger partial charge in [0.25, 0.3) is 0 Å². The molecule has 1 aromatic heterocycles. The van der Waals surface area contributed by atoms with Gasteiger partial charge in [0.1, 0.15) is 5.75 Å². The van der Waals surface area contributed by atoms with Crippen LogP contribution in [0, 0.1) is 6.92 Å². The Morgan fingerprint density at radius 3 is 2.44 bits per heavy atom. The highest BCUT2D eigenvalue weighted by molar-refractivity contribution is 5.94. The quantitative estimate of drug-likeness (QED) is 0.361. The number of aromatic amines is 1. The molecule has 0 bridgehead atoms. The fourth-order valence-corrected chi connectivity index (χ4v) is 3.90. The van der Waals surface area contributed by atoms with Crippen LogP contribution in [0.15, 0.2) is 79.0 Å². The molecule has 3 aromatic carbocycles. The highest BCUT2D eigenvalue weighted by Gasteiger charge is 2.21. The Bertz CT molecular complexity index is 1180. The number of benzene rings is 3. The van der Waals surface area contributed by atoms with Crippen molar-refractivity contribution in [3.05, 3.63) is 95.7 Å². The lowest BCUT2D eigenvalue weighted by Crippen LogP contribution is -2.40. The van der Waals surface area contributed by atoms with E-state index in [1.165, 1.54) is 10.9 Å². The molecule has 3 N–H and O–H groups in total. The largest absolute Gasteiger partial charge is 0.497 e. The van der Waals surface area contributed by atoms with Crippen LogP contribution in [0.25, 0.3) is 10.9 Å². The molecule has 0 aliphatic carbocycles. The summed E-state index contributed by atoms with van der Waals surface area (Å²) < 4.78 is 5.33. The van der Waals surface area contributed by atoms with Gasteiger partial charge >= 0.3 is 0 Å². The summed E-state index contributed by atoms with van der Waals surface area (Å²) in [5, 5.41) is 7.61. The van der Waals surface area contributed by atoms with E-state index in [2.05, 4.69) is 52.1 Å². The summed E-state index contributed by atoms with van der Waals surface area (Å²) in [4.78, 5) is 16.1. The first-order valence-electron chi connectivity index (χ1n) is 10.9. The number of aryl methyl sites for hydroxylation is 1. The molecule has 0 saturated heterocycles. The summed E-state index contributed by atoms with van der Waals surface area (Å²) in [5.74, 6) is 0.846. The molecule has 4 aromatic rings. The van der Waals surface area contributed by atoms with E-state index in [0.717, 1.165) is 28.1 Å². The Kier molecular flexibility index (Phi) is 6.57. The molecule has 4 rings (SSSR count). The smallest absolute Gasteiger partial charge is 0.241 e. The summed E-state index contributed by atoms with van der Waals surface area (Å²) in [6.07, 6.45) is 2.07. The third kappa shape index (κ3) is 4.84. The Balaban J connectivity index is 1.53. The molecule has 0 aliphatic rings. The Morgan fingerprint density at radius 1 is 1.00 bits per heavy atom. The van der Waals surface area contributed by atoms with Crippen LogP contribution in [0.1, 0.15) is 29.5 Å². The van der Waals surface area contributed by atoms with Crippen molar-refractivity contribution in [3.8, 4) is 5.75 Å². The Labute approximate surface area is 188 Å². The summed E-state index contributed by atoms with van der Waals surface area (Å²) in [5.41, 5.74) is 5.43. The standard InChI is InChI=1S/C27H29N3O2/c1-18-8-12-21(13-9-18)30-27(31)19(2)28-16-24(20-10-14-22(32-3)15-11-20)25-17-29-26-7-5-4-6-23(25)26/h4-15,17,19,24,28-29H,16H2,1-3H3,(H,30,31)/t19-,24+/m1/s1. The van der Waals surface area contributed by atoms with Gasteiger partial charge in [-0.05, 0) is 55.3 Å². The fraction of sp³-hybridized carbons (Fsp3) is 0.222. The minimum absolute atomic E-state index is 0.0544. The van der Waals surface area contributed by atoms with Crippen LogP contribution in [0.5, 0.6) is 5.75 Å². The zero-order chi connectivity index (χ0) is 22.5. The van der Waals surface area contributed by atoms with Gasteiger partial charge in [-0.2, -0.15) is 0 Å². The number of carbonyl (C=O) groups excluding carboxylic acids is 1. The highest BCUT2D eigenvalue weighted by Crippen LogP contribution is 2.31. The number of carbonyl (C=O) groups is 1. The molecule has 5 nitrogen and oxygen atoms in total. The molecular weight excluding hydrogens is 398 g/mol. The number of para-hydroxylation sites is 1. The third-order valence-corrected chi connectivity index (χ3v) is 5.86. The Morgan fingerprint density at radius 2 is 1.72 bits per heavy atom. The third-order valence-electron chi connectivity index (χ3n) is 5.86. The van der Waals surface area contributed by atoms with E-state index in [1.54, 1.807) is 7.11 Å². The normalized spacial score (nSPS) is 13.0. The maximum atomic E-state index is 12.7. The van der Waals surface area contributed by atoms with Crippen LogP contribution in [-0.2, 0) is 4.79 Å². The number of hydrogen-bond donors (Lipinski definition) is 3. The van der Waals surface area contributed by atoms with Crippen LogP contribution < -0.4 is 15.4 Å². The lowest BCUT2D eigenvalue weighted by atomic mass is 9.90. The van der Waals surface area contributed by atoms with Crippen LogP contribution in [-0.4, -0.2) is 30.6 Å². The van der Waals surface area contributed by atoms with Gasteiger partial charge in [0.15, 0.2) is 0 Å². The molecule has 1 amide bonds. The minimum Gasteiger partial charge on any atom is -0.497 e. The number of hydrogen-bond acceptors (Lipinski definition) is 3. The molecular formula is C27H29N3O2. The summed E-state index contributed by atoms with van der Waals surface area (Å²) in [6, 6.07) is 23.9. The van der Waals surface area contributed by atoms with Crippen LogP contribution >= 0.6 is 0 Å². The van der Waals surface area contributed by atoms with E-state index in [4.69, 9.17) is 4.74 Å². The molecule has 5 heteroatoms. The molecule has 0 fully saturated rings. The van der Waals surface area contributed by atoms with E-state index < -0.39 is 0 Å². The zero-order valence-electron chi connectivity index (χ0n) is 18.7. The summed E-state index contributed by atoms with van der Waals surface area (Å²) >= 11 is 0. The maximum absolute atomic E-state index is 12.7. The average molecular weight is 428 g/mol. The Hall–Kier alpha value is -3.57. The van der Waals surface area contributed by atoms with Crippen molar-refractivity contribution in [2.45, 2.75) is 25.8 Å². The summed E-state index contributed by atoms with van der Waals surface area (Å²) in [6.45, 7) is 4.54. The molecule has 2 atom stereocenters. The number of ether oxygens (including phenoxy) is 1. The number of anilines is 1. The molecule has 164 valence electrons. The fourth-order valence-electron chi connectivity index (χ4n) is 3.90. The SMILES string of the molecule is COc1ccc([C@H](CN[C@H](C)C(=O)Nc2ccc(C)cc2)c2c[nH]c3ccccc23)cc1. The van der Waals surface area contributed by atoms with E-state index in [-0.39, 0.29) is 17.9 Å². The topological polar surface area (TPSA) is 66.2 Å². The zero-order valence-corrected chi connectivity index (χ0v) is 18.7. The first-order valence-corrected chi connectivity index (χ1v) is 10.9. The van der Waals surface area contributed by atoms with E-state index in [9.17, 15) is 4.79 Å². The number of amides is 1. The second-order valence-corrected chi connectivity index (χ2v) is 8.10. The first-order chi connectivity index (χ1) is 15.5. The number of fused-ring (bicyclic) bond motifs is 1. The van der Waals surface area contributed by atoms with Gasteiger partial charge in [0.05, 0.1) is 13.2 Å². The van der Waals surface area contributed by atoms with E-state index in [1.807, 2.05) is 56.3 Å². The van der Waals surface area contributed by atoms with Crippen molar-refractivity contribution in [2.24, 2.45) is 0 Å². The molecule has 32 heavy (non-hydrogen) atoms. The first kappa shape index (κ1) is 21.7. The molecule has 0 aliphatic heterocycles. The van der Waals surface area contributed by atoms with Crippen molar-refractivity contribution in [1.29, 1.82) is 0 Å². The van der Waals surface area contributed by atoms with Crippen LogP contribution in [0.2, 0.25) is 0 Å². The minimum atomic E-state index is -0.345. The average Bonchev–Trinajstić information content (AvgIpc) is 3.25. The number of methoxy groups -OCH3 is 1. The van der Waals surface area contributed by atoms with Crippen molar-refractivity contribution >= 4 is 22.5 Å².